The smallest absolute Gasteiger partial charge is 0.220 e. The highest BCUT2D eigenvalue weighted by molar-refractivity contribution is 5.76. The molecule has 0 aromatic rings. The Bertz CT molecular complexity index is 1290. The molecule has 0 aliphatic carbocycles. The van der Waals surface area contributed by atoms with Crippen LogP contribution in [0.15, 0.2) is 72.9 Å². The van der Waals surface area contributed by atoms with E-state index in [-0.39, 0.29) is 12.5 Å². The van der Waals surface area contributed by atoms with E-state index < -0.39 is 49.5 Å². The van der Waals surface area contributed by atoms with Crippen molar-refractivity contribution >= 4 is 5.91 Å². The predicted molar refractivity (Wildman–Crippen MR) is 285 cm³/mol. The molecule has 0 saturated carbocycles. The first kappa shape index (κ1) is 63.6. The van der Waals surface area contributed by atoms with E-state index in [1.165, 1.54) is 148 Å². The fourth-order valence-electron chi connectivity index (χ4n) is 8.60. The minimum absolute atomic E-state index is 0.181. The predicted octanol–water partition coefficient (Wildman–Crippen LogP) is 13.7. The van der Waals surface area contributed by atoms with E-state index in [2.05, 4.69) is 79.9 Å². The van der Waals surface area contributed by atoms with Gasteiger partial charge in [0.25, 0.3) is 0 Å². The third-order valence-electron chi connectivity index (χ3n) is 13.0. The van der Waals surface area contributed by atoms with Gasteiger partial charge >= 0.3 is 0 Å². The zero-order valence-electron chi connectivity index (χ0n) is 43.6. The van der Waals surface area contributed by atoms with E-state index in [9.17, 15) is 30.3 Å². The lowest BCUT2D eigenvalue weighted by molar-refractivity contribution is -0.302. The van der Waals surface area contributed by atoms with Crippen LogP contribution in [0, 0.1) is 0 Å². The van der Waals surface area contributed by atoms with E-state index >= 15 is 0 Å². The molecule has 9 nitrogen and oxygen atoms in total. The number of carbonyl (C=O) groups excluding carboxylic acids is 1. The first-order chi connectivity index (χ1) is 33.3. The largest absolute Gasteiger partial charge is 0.394 e. The highest BCUT2D eigenvalue weighted by Gasteiger charge is 2.44. The topological polar surface area (TPSA) is 149 Å². The molecule has 1 saturated heterocycles. The Morgan fingerprint density at radius 1 is 0.515 bits per heavy atom. The lowest BCUT2D eigenvalue weighted by Crippen LogP contribution is -2.60. The standard InChI is InChI=1S/C59H105NO8/c1-3-5-7-9-11-13-15-17-19-21-23-24-25-26-27-28-29-30-31-33-35-37-39-41-43-45-47-49-55(63)60-52(51-67-59-58(66)57(65)56(64)54(50-61)68-59)53(62)48-46-44-42-40-38-36-34-32-22-20-18-16-14-12-10-8-6-4-2/h5,7,11,13,17,19,23-24,26-27,46,48,52-54,56-59,61-62,64-66H,3-4,6,8-10,12,14-16,18,20-22,25,28-45,47,49-51H2,1-2H3,(H,60,63)/b7-5-,13-11-,19-17-,24-23-,27-26-,48-46+. The van der Waals surface area contributed by atoms with Crippen LogP contribution in [-0.4, -0.2) is 87.5 Å². The quantitative estimate of drug-likeness (QED) is 0.0261. The minimum Gasteiger partial charge on any atom is -0.394 e. The fraction of sp³-hybridized carbons (Fsp3) is 0.780. The Balaban J connectivity index is 2.24. The zero-order valence-corrected chi connectivity index (χ0v) is 43.6. The molecule has 0 aromatic carbocycles. The Kier molecular flexibility index (Phi) is 45.2. The van der Waals surface area contributed by atoms with Gasteiger partial charge in [-0.3, -0.25) is 4.79 Å². The van der Waals surface area contributed by atoms with Crippen LogP contribution in [0.5, 0.6) is 0 Å². The Morgan fingerprint density at radius 3 is 1.35 bits per heavy atom. The van der Waals surface area contributed by atoms with Gasteiger partial charge in [0.05, 0.1) is 25.4 Å². The van der Waals surface area contributed by atoms with Crippen molar-refractivity contribution in [1.29, 1.82) is 0 Å². The number of allylic oxidation sites excluding steroid dienone is 11. The van der Waals surface area contributed by atoms with Crippen LogP contribution >= 0.6 is 0 Å². The van der Waals surface area contributed by atoms with Crippen LogP contribution < -0.4 is 5.32 Å². The zero-order chi connectivity index (χ0) is 49.4. The molecule has 0 spiro atoms. The average molecular weight is 956 g/mol. The summed E-state index contributed by atoms with van der Waals surface area (Å²) in [6, 6.07) is -0.810. The van der Waals surface area contributed by atoms with Crippen molar-refractivity contribution in [3.8, 4) is 0 Å². The summed E-state index contributed by atoms with van der Waals surface area (Å²) in [5.41, 5.74) is 0. The van der Waals surface area contributed by atoms with Crippen LogP contribution in [-0.2, 0) is 14.3 Å². The lowest BCUT2D eigenvalue weighted by atomic mass is 9.99. The number of hydrogen-bond acceptors (Lipinski definition) is 8. The van der Waals surface area contributed by atoms with Gasteiger partial charge in [-0.05, 0) is 64.2 Å². The van der Waals surface area contributed by atoms with Gasteiger partial charge in [0.2, 0.25) is 5.91 Å². The highest BCUT2D eigenvalue weighted by Crippen LogP contribution is 2.23. The molecule has 0 radical (unpaired) electrons. The number of unbranched alkanes of at least 4 members (excludes halogenated alkanes) is 27. The van der Waals surface area contributed by atoms with Crippen molar-refractivity contribution in [1.82, 2.24) is 5.32 Å². The van der Waals surface area contributed by atoms with Crippen molar-refractivity contribution < 1.29 is 39.8 Å². The maximum absolute atomic E-state index is 13.1. The van der Waals surface area contributed by atoms with Crippen molar-refractivity contribution in [2.75, 3.05) is 13.2 Å². The second-order valence-electron chi connectivity index (χ2n) is 19.4. The summed E-state index contributed by atoms with van der Waals surface area (Å²) in [6.45, 7) is 3.67. The van der Waals surface area contributed by atoms with Crippen LogP contribution in [0.1, 0.15) is 239 Å². The molecular formula is C59H105NO8. The number of hydrogen-bond donors (Lipinski definition) is 6. The van der Waals surface area contributed by atoms with E-state index in [1.54, 1.807) is 6.08 Å². The number of rotatable bonds is 47. The Hall–Kier alpha value is -2.37. The second kappa shape index (κ2) is 48.3. The van der Waals surface area contributed by atoms with Crippen LogP contribution in [0.3, 0.4) is 0 Å². The average Bonchev–Trinajstić information content (AvgIpc) is 3.34. The summed E-state index contributed by atoms with van der Waals surface area (Å²) in [6.07, 6.45) is 59.5. The Labute approximate surface area is 417 Å². The normalized spacial score (nSPS) is 20.1. The minimum atomic E-state index is -1.57. The highest BCUT2D eigenvalue weighted by atomic mass is 16.7. The van der Waals surface area contributed by atoms with Gasteiger partial charge in [0, 0.05) is 6.42 Å². The van der Waals surface area contributed by atoms with Gasteiger partial charge in [0.1, 0.15) is 24.4 Å². The van der Waals surface area contributed by atoms with Crippen molar-refractivity contribution in [3.63, 3.8) is 0 Å². The maximum Gasteiger partial charge on any atom is 0.220 e. The van der Waals surface area contributed by atoms with Crippen LogP contribution in [0.2, 0.25) is 0 Å². The summed E-state index contributed by atoms with van der Waals surface area (Å²) >= 11 is 0. The van der Waals surface area contributed by atoms with Gasteiger partial charge in [-0.1, -0.05) is 241 Å². The fourth-order valence-corrected chi connectivity index (χ4v) is 8.60. The van der Waals surface area contributed by atoms with Gasteiger partial charge in [-0.25, -0.2) is 0 Å². The van der Waals surface area contributed by atoms with Gasteiger partial charge < -0.3 is 40.3 Å². The van der Waals surface area contributed by atoms with Crippen LogP contribution in [0.25, 0.3) is 0 Å². The van der Waals surface area contributed by atoms with E-state index in [0.717, 1.165) is 70.6 Å². The second-order valence-corrected chi connectivity index (χ2v) is 19.4. The third kappa shape index (κ3) is 37.5. The molecular weight excluding hydrogens is 851 g/mol. The molecule has 394 valence electrons. The summed E-state index contributed by atoms with van der Waals surface area (Å²) in [7, 11) is 0. The van der Waals surface area contributed by atoms with Gasteiger partial charge in [-0.15, -0.1) is 0 Å². The molecule has 9 heteroatoms. The maximum atomic E-state index is 13.1. The molecule has 0 aromatic heterocycles. The molecule has 1 amide bonds. The number of nitrogens with one attached hydrogen (secondary N) is 1. The molecule has 68 heavy (non-hydrogen) atoms. The van der Waals surface area contributed by atoms with Gasteiger partial charge in [-0.2, -0.15) is 0 Å². The molecule has 1 fully saturated rings. The molecule has 1 rings (SSSR count). The van der Waals surface area contributed by atoms with Crippen molar-refractivity contribution in [2.24, 2.45) is 0 Å². The van der Waals surface area contributed by atoms with Crippen molar-refractivity contribution in [2.45, 2.75) is 281 Å². The first-order valence-corrected chi connectivity index (χ1v) is 28.2. The Morgan fingerprint density at radius 2 is 0.912 bits per heavy atom. The number of amides is 1. The monoisotopic (exact) mass is 956 g/mol. The van der Waals surface area contributed by atoms with E-state index in [0.29, 0.717) is 6.42 Å². The van der Waals surface area contributed by atoms with E-state index in [1.807, 2.05) is 6.08 Å². The van der Waals surface area contributed by atoms with Gasteiger partial charge in [0.15, 0.2) is 6.29 Å². The van der Waals surface area contributed by atoms with Crippen LogP contribution in [0.4, 0.5) is 0 Å². The summed E-state index contributed by atoms with van der Waals surface area (Å²) in [5.74, 6) is -0.181. The molecule has 0 bridgehead atoms. The van der Waals surface area contributed by atoms with E-state index in [4.69, 9.17) is 9.47 Å². The third-order valence-corrected chi connectivity index (χ3v) is 13.0. The first-order valence-electron chi connectivity index (χ1n) is 28.2. The molecule has 6 N–H and O–H groups in total. The number of carbonyl (C=O) groups is 1. The molecule has 7 atom stereocenters. The number of aliphatic hydroxyl groups is 5. The summed E-state index contributed by atoms with van der Waals surface area (Å²) < 4.78 is 11.3. The summed E-state index contributed by atoms with van der Waals surface area (Å²) in [5, 5.41) is 54.5. The van der Waals surface area contributed by atoms with Crippen molar-refractivity contribution in [3.05, 3.63) is 72.9 Å². The number of aliphatic hydroxyl groups excluding tert-OH is 5. The SMILES string of the molecule is CC/C=C\C/C=C\C/C=C\C/C=C\C/C=C\CCCCCCCCCCCCCC(=O)NC(COC1OC(CO)C(O)C(O)C1O)C(O)/C=C/CCCCCCCCCCCCCCCCCC. The lowest BCUT2D eigenvalue weighted by Gasteiger charge is -2.40. The summed E-state index contributed by atoms with van der Waals surface area (Å²) in [4.78, 5) is 13.1. The molecule has 1 aliphatic rings. The molecule has 7 unspecified atom stereocenters. The molecule has 1 aliphatic heterocycles. The molecule has 1 heterocycles. The number of ether oxygens (including phenoxy) is 2.